The minimum Gasteiger partial charge on any atom is -0.383 e. The highest BCUT2D eigenvalue weighted by atomic mass is 32.2. The van der Waals surface area contributed by atoms with Gasteiger partial charge in [-0.1, -0.05) is 30.3 Å². The van der Waals surface area contributed by atoms with Gasteiger partial charge in [-0.2, -0.15) is 4.31 Å². The molecule has 162 valence electrons. The van der Waals surface area contributed by atoms with Crippen LogP contribution in [0.5, 0.6) is 0 Å². The van der Waals surface area contributed by atoms with Crippen molar-refractivity contribution < 1.29 is 22.7 Å². The quantitative estimate of drug-likeness (QED) is 0.500. The minimum absolute atomic E-state index is 0.0390. The van der Waals surface area contributed by atoms with Crippen molar-refractivity contribution in [1.82, 2.24) is 19.4 Å². The Morgan fingerprint density at radius 3 is 2.38 bits per heavy atom. The maximum absolute atomic E-state index is 12.6. The predicted octanol–water partition coefficient (Wildman–Crippen LogP) is -0.645. The number of piperazine rings is 1. The molecule has 0 radical (unpaired) electrons. The number of hydrogen-bond acceptors (Lipinski definition) is 6. The van der Waals surface area contributed by atoms with Crippen molar-refractivity contribution in [1.29, 1.82) is 0 Å². The Balaban J connectivity index is 1.76. The lowest BCUT2D eigenvalue weighted by atomic mass is 10.2. The molecule has 10 heteroatoms. The summed E-state index contributed by atoms with van der Waals surface area (Å²) in [5.74, 6) is -0.325. The summed E-state index contributed by atoms with van der Waals surface area (Å²) in [7, 11) is -0.152. The van der Waals surface area contributed by atoms with Crippen LogP contribution in [0.4, 0.5) is 0 Å². The summed E-state index contributed by atoms with van der Waals surface area (Å²) >= 11 is 0. The van der Waals surface area contributed by atoms with Gasteiger partial charge in [0.1, 0.15) is 0 Å². The Morgan fingerprint density at radius 2 is 1.76 bits per heavy atom. The summed E-state index contributed by atoms with van der Waals surface area (Å²) in [5, 5.41) is 2.71. The lowest BCUT2D eigenvalue weighted by Crippen LogP contribution is -2.53. The predicted molar refractivity (Wildman–Crippen MR) is 110 cm³/mol. The molecule has 0 aliphatic carbocycles. The molecule has 1 saturated heterocycles. The number of nitrogens with zero attached hydrogens (tertiary/aromatic N) is 3. The van der Waals surface area contributed by atoms with Crippen LogP contribution in [0.1, 0.15) is 5.56 Å². The second kappa shape index (κ2) is 11.2. The number of nitrogens with one attached hydrogen (secondary N) is 1. The number of amides is 2. The van der Waals surface area contributed by atoms with E-state index in [1.54, 1.807) is 36.1 Å². The summed E-state index contributed by atoms with van der Waals surface area (Å²) in [5.41, 5.74) is 0.747. The van der Waals surface area contributed by atoms with Crippen molar-refractivity contribution in [2.24, 2.45) is 0 Å². The Morgan fingerprint density at radius 1 is 1.10 bits per heavy atom. The van der Waals surface area contributed by atoms with E-state index in [0.717, 1.165) is 5.56 Å². The van der Waals surface area contributed by atoms with E-state index in [0.29, 0.717) is 26.2 Å². The molecule has 1 aliphatic heterocycles. The van der Waals surface area contributed by atoms with Gasteiger partial charge in [0.05, 0.1) is 25.4 Å². The van der Waals surface area contributed by atoms with E-state index in [1.807, 2.05) is 18.2 Å². The minimum atomic E-state index is -3.41. The smallest absolute Gasteiger partial charge is 0.236 e. The third-order valence-electron chi connectivity index (χ3n) is 4.62. The first-order chi connectivity index (χ1) is 13.8. The Labute approximate surface area is 172 Å². The van der Waals surface area contributed by atoms with Gasteiger partial charge >= 0.3 is 0 Å². The number of likely N-dealkylation sites (N-methyl/N-ethyl adjacent to an activating group) is 1. The molecule has 1 aromatic rings. The van der Waals surface area contributed by atoms with Crippen molar-refractivity contribution in [3.05, 3.63) is 35.9 Å². The van der Waals surface area contributed by atoms with Crippen molar-refractivity contribution in [3.63, 3.8) is 0 Å². The molecule has 2 amide bonds. The molecule has 9 nitrogen and oxygen atoms in total. The maximum Gasteiger partial charge on any atom is 0.236 e. The SMILES string of the molecule is COCCNC(=O)CN(C)CC(=O)N1CCN(S(=O)(=O)Cc2ccccc2)CC1. The van der Waals surface area contributed by atoms with Crippen molar-refractivity contribution in [2.45, 2.75) is 5.75 Å². The zero-order chi connectivity index (χ0) is 21.3. The highest BCUT2D eigenvalue weighted by molar-refractivity contribution is 7.88. The second-order valence-corrected chi connectivity index (χ2v) is 9.01. The highest BCUT2D eigenvalue weighted by Crippen LogP contribution is 2.13. The van der Waals surface area contributed by atoms with Gasteiger partial charge in [-0.05, 0) is 12.6 Å². The van der Waals surface area contributed by atoms with Gasteiger partial charge < -0.3 is 15.0 Å². The first-order valence-corrected chi connectivity index (χ1v) is 11.2. The third kappa shape index (κ3) is 7.73. The molecule has 29 heavy (non-hydrogen) atoms. The summed E-state index contributed by atoms with van der Waals surface area (Å²) in [4.78, 5) is 27.5. The molecular formula is C19H30N4O5S. The number of hydrogen-bond donors (Lipinski definition) is 1. The fourth-order valence-corrected chi connectivity index (χ4v) is 4.59. The van der Waals surface area contributed by atoms with Gasteiger partial charge in [-0.15, -0.1) is 0 Å². The Kier molecular flexibility index (Phi) is 9.02. The normalized spacial score (nSPS) is 15.5. The van der Waals surface area contributed by atoms with Crippen LogP contribution >= 0.6 is 0 Å². The van der Waals surface area contributed by atoms with E-state index in [4.69, 9.17) is 4.74 Å². The van der Waals surface area contributed by atoms with Gasteiger partial charge in [0, 0.05) is 39.8 Å². The third-order valence-corrected chi connectivity index (χ3v) is 6.47. The molecule has 0 spiro atoms. The molecule has 1 aromatic carbocycles. The number of rotatable bonds is 10. The molecule has 0 bridgehead atoms. The Hall–Kier alpha value is -2.01. The van der Waals surface area contributed by atoms with Crippen LogP contribution in [0.3, 0.4) is 0 Å². The molecule has 1 aliphatic rings. The van der Waals surface area contributed by atoms with Crippen LogP contribution < -0.4 is 5.32 Å². The average molecular weight is 427 g/mol. The fraction of sp³-hybridized carbons (Fsp3) is 0.579. The summed E-state index contributed by atoms with van der Waals surface area (Å²) in [6.07, 6.45) is 0. The van der Waals surface area contributed by atoms with Gasteiger partial charge in [0.25, 0.3) is 0 Å². The molecule has 1 fully saturated rings. The summed E-state index contributed by atoms with van der Waals surface area (Å²) in [6, 6.07) is 9.06. The molecule has 0 atom stereocenters. The largest absolute Gasteiger partial charge is 0.383 e. The van der Waals surface area contributed by atoms with Gasteiger partial charge in [0.2, 0.25) is 21.8 Å². The molecule has 0 unspecified atom stereocenters. The maximum atomic E-state index is 12.6. The van der Waals surface area contributed by atoms with E-state index >= 15 is 0 Å². The van der Waals surface area contributed by atoms with E-state index < -0.39 is 10.0 Å². The fourth-order valence-electron chi connectivity index (χ4n) is 3.07. The number of benzene rings is 1. The summed E-state index contributed by atoms with van der Waals surface area (Å²) < 4.78 is 31.5. The van der Waals surface area contributed by atoms with E-state index in [-0.39, 0.29) is 43.7 Å². The molecular weight excluding hydrogens is 396 g/mol. The van der Waals surface area contributed by atoms with Gasteiger partial charge in [0.15, 0.2) is 0 Å². The molecule has 2 rings (SSSR count). The number of ether oxygens (including phenoxy) is 1. The zero-order valence-corrected chi connectivity index (χ0v) is 17.9. The average Bonchev–Trinajstić information content (AvgIpc) is 2.68. The Bertz CT molecular complexity index is 764. The number of carbonyl (C=O) groups is 2. The monoisotopic (exact) mass is 426 g/mol. The molecule has 1 heterocycles. The molecule has 0 aromatic heterocycles. The van der Waals surface area contributed by atoms with Crippen LogP contribution in [0.15, 0.2) is 30.3 Å². The van der Waals surface area contributed by atoms with Crippen LogP contribution in [0, 0.1) is 0 Å². The topological polar surface area (TPSA) is 99.3 Å². The number of carbonyl (C=O) groups excluding carboxylic acids is 2. The first-order valence-electron chi connectivity index (χ1n) is 9.55. The standard InChI is InChI=1S/C19H30N4O5S/c1-21(14-18(24)20-8-13-28-2)15-19(25)22-9-11-23(12-10-22)29(26,27)16-17-6-4-3-5-7-17/h3-7H,8-16H2,1-2H3,(H,20,24). The molecule has 0 saturated carbocycles. The van der Waals surface area contributed by atoms with E-state index in [2.05, 4.69) is 5.32 Å². The van der Waals surface area contributed by atoms with Crippen LogP contribution in [0.2, 0.25) is 0 Å². The summed E-state index contributed by atoms with van der Waals surface area (Å²) in [6.45, 7) is 2.34. The first kappa shape index (κ1) is 23.3. The molecule has 1 N–H and O–H groups in total. The second-order valence-electron chi connectivity index (χ2n) is 7.04. The van der Waals surface area contributed by atoms with Crippen LogP contribution in [0.25, 0.3) is 0 Å². The van der Waals surface area contributed by atoms with Crippen LogP contribution in [-0.2, 0) is 30.1 Å². The van der Waals surface area contributed by atoms with Gasteiger partial charge in [-0.25, -0.2) is 8.42 Å². The van der Waals surface area contributed by atoms with Gasteiger partial charge in [-0.3, -0.25) is 14.5 Å². The van der Waals surface area contributed by atoms with E-state index in [1.165, 1.54) is 4.31 Å². The number of methoxy groups -OCH3 is 1. The zero-order valence-electron chi connectivity index (χ0n) is 17.0. The van der Waals surface area contributed by atoms with Crippen molar-refractivity contribution in [2.75, 3.05) is 66.6 Å². The van der Waals surface area contributed by atoms with Crippen LogP contribution in [-0.4, -0.2) is 101 Å². The lowest BCUT2D eigenvalue weighted by Gasteiger charge is -2.34. The number of sulfonamides is 1. The van der Waals surface area contributed by atoms with Crippen molar-refractivity contribution >= 4 is 21.8 Å². The lowest BCUT2D eigenvalue weighted by molar-refractivity contribution is -0.133. The highest BCUT2D eigenvalue weighted by Gasteiger charge is 2.29. The van der Waals surface area contributed by atoms with Crippen molar-refractivity contribution in [3.8, 4) is 0 Å². The van der Waals surface area contributed by atoms with E-state index in [9.17, 15) is 18.0 Å².